The summed E-state index contributed by atoms with van der Waals surface area (Å²) in [5.74, 6) is 4.78. The first-order valence-electron chi connectivity index (χ1n) is 36.5. The van der Waals surface area contributed by atoms with E-state index in [9.17, 15) is 32.4 Å². The van der Waals surface area contributed by atoms with E-state index in [1.54, 1.807) is 86.5 Å². The van der Waals surface area contributed by atoms with Crippen LogP contribution >= 0.6 is 0 Å². The SMILES string of the molecule is COc1cc(C(=O)N2CCC(N3CCN(C)CC3)CC2)ccc1Nc1ccc2c(n1)N(C)c1ccccc1C(=O)N2C.COc1cc(C(=O)NC2CCN(C)CC2)ccc1Nc1ccc2c(n1)N(C)c1ccccc1C(=O)N2C.COc1cc(S(C)(=O)=O)ccc1Nc1ccc2c(n1)N(C)c1ccccc1C(=O)N2C. The number of sulfone groups is 1. The van der Waals surface area contributed by atoms with Crippen molar-refractivity contribution >= 4 is 125 Å². The van der Waals surface area contributed by atoms with Crippen LogP contribution in [0.3, 0.4) is 0 Å². The van der Waals surface area contributed by atoms with E-state index in [4.69, 9.17) is 29.2 Å². The molecule has 3 aromatic heterocycles. The van der Waals surface area contributed by atoms with E-state index in [-0.39, 0.29) is 40.5 Å². The Kier molecular flexibility index (Phi) is 22.6. The summed E-state index contributed by atoms with van der Waals surface area (Å²) in [5.41, 5.74) is 9.42. The Hall–Kier alpha value is -11.9. The van der Waals surface area contributed by atoms with Gasteiger partial charge in [0.25, 0.3) is 29.5 Å². The number of carbonyl (C=O) groups excluding carboxylic acids is 5. The first kappa shape index (κ1) is 76.3. The fraction of sp³-hybridized carbons (Fsp3) is 0.317. The fourth-order valence-electron chi connectivity index (χ4n) is 14.6. The number of nitrogens with one attached hydrogen (secondary N) is 4. The number of fused-ring (bicyclic) bond motifs is 6. The number of methoxy groups -OCH3 is 3. The Labute approximate surface area is 641 Å². The van der Waals surface area contributed by atoms with Crippen molar-refractivity contribution in [2.75, 3.05) is 182 Å². The van der Waals surface area contributed by atoms with Crippen molar-refractivity contribution < 1.29 is 46.6 Å². The molecule has 9 heterocycles. The van der Waals surface area contributed by atoms with Gasteiger partial charge in [0.1, 0.15) is 34.7 Å². The van der Waals surface area contributed by atoms with Gasteiger partial charge in [0.2, 0.25) is 0 Å². The fourth-order valence-corrected chi connectivity index (χ4v) is 15.3. The highest BCUT2D eigenvalue weighted by Gasteiger charge is 2.34. The zero-order chi connectivity index (χ0) is 77.8. The Balaban J connectivity index is 0.000000147. The number of hydrogen-bond donors (Lipinski definition) is 4. The minimum Gasteiger partial charge on any atom is -0.495 e. The van der Waals surface area contributed by atoms with Crippen LogP contribution in [-0.4, -0.2) is 221 Å². The second kappa shape index (κ2) is 32.5. The lowest BCUT2D eigenvalue weighted by molar-refractivity contribution is 0.0518. The Morgan fingerprint density at radius 1 is 0.409 bits per heavy atom. The molecule has 6 aliphatic heterocycles. The molecular formula is C82H93N17O10S. The van der Waals surface area contributed by atoms with Crippen LogP contribution in [0.25, 0.3) is 0 Å². The van der Waals surface area contributed by atoms with Crippen LogP contribution in [0, 0.1) is 0 Å². The van der Waals surface area contributed by atoms with E-state index in [1.165, 1.54) is 19.2 Å². The van der Waals surface area contributed by atoms with Crippen LogP contribution in [0.2, 0.25) is 0 Å². The second-order valence-corrected chi connectivity index (χ2v) is 30.2. The number of para-hydroxylation sites is 3. The first-order chi connectivity index (χ1) is 52.9. The van der Waals surface area contributed by atoms with Gasteiger partial charge in [-0.1, -0.05) is 36.4 Å². The highest BCUT2D eigenvalue weighted by Crippen LogP contribution is 2.44. The molecule has 3 fully saturated rings. The summed E-state index contributed by atoms with van der Waals surface area (Å²) in [7, 11) is 16.5. The highest BCUT2D eigenvalue weighted by atomic mass is 32.2. The van der Waals surface area contributed by atoms with Gasteiger partial charge in [-0.05, 0) is 174 Å². The zero-order valence-corrected chi connectivity index (χ0v) is 64.8. The van der Waals surface area contributed by atoms with Gasteiger partial charge in [0.15, 0.2) is 27.3 Å². The highest BCUT2D eigenvalue weighted by molar-refractivity contribution is 7.90. The smallest absolute Gasteiger partial charge is 0.260 e. The molecule has 15 rings (SSSR count). The maximum atomic E-state index is 13.4. The van der Waals surface area contributed by atoms with E-state index < -0.39 is 9.84 Å². The number of rotatable bonds is 14. The molecule has 27 nitrogen and oxygen atoms in total. The molecule has 0 bridgehead atoms. The molecule has 4 N–H and O–H groups in total. The Morgan fingerprint density at radius 3 is 1.19 bits per heavy atom. The number of ether oxygens (including phenoxy) is 3. The standard InChI is InChI=1S/C32H39N7O3.C28H32N6O3.C22H22N4O4S/c1-35-17-19-38(20-18-35)23-13-15-39(16-14-23)31(40)22-9-10-25(28(21-22)42-4)33-29-12-11-27-30(34-29)36(2)26-8-6-5-7-24(26)32(41)37(27)3;1-32-15-13-19(14-16-32)29-27(35)18-9-10-21(24(17-18)37-4)30-25-12-11-23-26(31-25)33(2)22-8-6-5-7-20(22)28(36)34(23)3;1-25-17-8-6-5-7-15(17)22(27)26(2)18-11-12-20(24-21(18)25)23-16-10-9-14(31(4,28)29)13-19(16)30-3/h5-12,21,23H,13-20H2,1-4H3,(H,33,34);5-12,17,19H,13-16H2,1-4H3,(H,29,35)(H,30,31);5-13H,1-4H3,(H,23,24). The lowest BCUT2D eigenvalue weighted by Gasteiger charge is -2.42. The lowest BCUT2D eigenvalue weighted by Crippen LogP contribution is -2.52. The average Bonchev–Trinajstić information content (AvgIpc) is 1.63. The van der Waals surface area contributed by atoms with Crippen molar-refractivity contribution in [1.29, 1.82) is 0 Å². The van der Waals surface area contributed by atoms with Crippen molar-refractivity contribution in [3.8, 4) is 17.2 Å². The number of piperazine rings is 1. The molecule has 0 spiro atoms. The molecule has 0 atom stereocenters. The largest absolute Gasteiger partial charge is 0.495 e. The topological polar surface area (TPSA) is 266 Å². The van der Waals surface area contributed by atoms with Gasteiger partial charge in [-0.15, -0.1) is 0 Å². The number of nitrogens with zero attached hydrogens (tertiary/aromatic N) is 13. The third-order valence-electron chi connectivity index (χ3n) is 21.2. The predicted molar refractivity (Wildman–Crippen MR) is 432 cm³/mol. The summed E-state index contributed by atoms with van der Waals surface area (Å²) in [5, 5.41) is 13.0. The van der Waals surface area contributed by atoms with Crippen molar-refractivity contribution in [2.24, 2.45) is 0 Å². The van der Waals surface area contributed by atoms with Gasteiger partial charge < -0.3 is 79.6 Å². The van der Waals surface area contributed by atoms with Gasteiger partial charge in [0, 0.05) is 117 Å². The molecule has 28 heteroatoms. The van der Waals surface area contributed by atoms with Crippen LogP contribution in [0.15, 0.2) is 169 Å². The zero-order valence-electron chi connectivity index (χ0n) is 64.0. The number of amides is 5. The number of benzene rings is 6. The van der Waals surface area contributed by atoms with Gasteiger partial charge in [-0.2, -0.15) is 0 Å². The number of hydrogen-bond acceptors (Lipinski definition) is 22. The summed E-state index contributed by atoms with van der Waals surface area (Å²) >= 11 is 0. The molecule has 6 aliphatic rings. The lowest BCUT2D eigenvalue weighted by atomic mass is 10.0. The minimum absolute atomic E-state index is 0.0350. The van der Waals surface area contributed by atoms with Crippen molar-refractivity contribution in [1.82, 2.24) is 39.9 Å². The van der Waals surface area contributed by atoms with E-state index in [0.29, 0.717) is 120 Å². The average molecular weight is 1510 g/mol. The molecule has 0 radical (unpaired) electrons. The molecule has 5 amide bonds. The molecule has 0 saturated carbocycles. The van der Waals surface area contributed by atoms with E-state index in [2.05, 4.69) is 50.1 Å². The normalized spacial score (nSPS) is 16.2. The molecule has 0 unspecified atom stereocenters. The molecule has 0 aliphatic carbocycles. The van der Waals surface area contributed by atoms with Gasteiger partial charge in [-0.25, -0.2) is 23.4 Å². The van der Waals surface area contributed by atoms with Crippen LogP contribution in [0.5, 0.6) is 17.2 Å². The number of likely N-dealkylation sites (tertiary alicyclic amines) is 2. The summed E-state index contributed by atoms with van der Waals surface area (Å²) in [4.78, 5) is 99.7. The van der Waals surface area contributed by atoms with Crippen LogP contribution < -0.4 is 64.9 Å². The predicted octanol–water partition coefficient (Wildman–Crippen LogP) is 11.7. The number of piperidine rings is 2. The second-order valence-electron chi connectivity index (χ2n) is 28.2. The van der Waals surface area contributed by atoms with Crippen LogP contribution in [-0.2, 0) is 9.84 Å². The molecule has 572 valence electrons. The Bertz CT molecular complexity index is 5100. The van der Waals surface area contributed by atoms with E-state index in [0.717, 1.165) is 101 Å². The molecule has 110 heavy (non-hydrogen) atoms. The van der Waals surface area contributed by atoms with Gasteiger partial charge in [0.05, 0.1) is 94.1 Å². The Morgan fingerprint density at radius 2 is 0.782 bits per heavy atom. The minimum atomic E-state index is -3.36. The third-order valence-corrected chi connectivity index (χ3v) is 22.3. The molecular weight excluding hydrogens is 1420 g/mol. The molecule has 9 aromatic rings. The van der Waals surface area contributed by atoms with Crippen molar-refractivity contribution in [2.45, 2.75) is 42.7 Å². The maximum absolute atomic E-state index is 13.4. The molecule has 6 aromatic carbocycles. The van der Waals surface area contributed by atoms with Crippen molar-refractivity contribution in [3.63, 3.8) is 0 Å². The summed E-state index contributed by atoms with van der Waals surface area (Å²) in [6, 6.07) is 49.7. The van der Waals surface area contributed by atoms with E-state index >= 15 is 0 Å². The number of aromatic nitrogens is 3. The van der Waals surface area contributed by atoms with Gasteiger partial charge >= 0.3 is 0 Å². The quantitative estimate of drug-likeness (QED) is 0.0788. The summed E-state index contributed by atoms with van der Waals surface area (Å²) in [6.07, 6.45) is 5.06. The third kappa shape index (κ3) is 16.0. The summed E-state index contributed by atoms with van der Waals surface area (Å²) in [6.45, 7) is 7.95. The summed E-state index contributed by atoms with van der Waals surface area (Å²) < 4.78 is 40.3. The molecule has 3 saturated heterocycles. The van der Waals surface area contributed by atoms with E-state index in [1.807, 2.05) is 156 Å². The van der Waals surface area contributed by atoms with Crippen LogP contribution in [0.1, 0.15) is 77.5 Å². The van der Waals surface area contributed by atoms with Gasteiger partial charge in [-0.3, -0.25) is 28.9 Å². The maximum Gasteiger partial charge on any atom is 0.260 e. The number of anilines is 15. The van der Waals surface area contributed by atoms with Crippen LogP contribution in [0.4, 0.5) is 86.1 Å². The number of likely N-dealkylation sites (N-methyl/N-ethyl adjacent to an activating group) is 1. The number of carbonyl (C=O) groups is 5. The van der Waals surface area contributed by atoms with Crippen molar-refractivity contribution in [3.05, 3.63) is 192 Å². The monoisotopic (exact) mass is 1510 g/mol. The number of pyridine rings is 3. The first-order valence-corrected chi connectivity index (χ1v) is 38.4.